The number of hydrogen-bond acceptors (Lipinski definition) is 8. The Kier molecular flexibility index (Phi) is 8.50. The minimum absolute atomic E-state index is 0.0577. The van der Waals surface area contributed by atoms with Gasteiger partial charge in [-0.2, -0.15) is 26.3 Å². The number of hydrazine groups is 1. The first kappa shape index (κ1) is 31.5. The Morgan fingerprint density at radius 2 is 1.74 bits per heavy atom. The lowest BCUT2D eigenvalue weighted by Crippen LogP contribution is -2.64. The number of anilines is 1. The molecule has 3 unspecified atom stereocenters. The molecular weight excluding hydrogens is 620 g/mol. The molecule has 0 aliphatic carbocycles. The SMILES string of the molecule is O=C1NNCC(N2Cc3ccccc3C2COc2cncc(C(=O)N3CCN(c4ccc(C(F)(F)F)cn4)CC3)c2)C1C(F)(F)F. The number of nitrogens with one attached hydrogen (secondary N) is 2. The third-order valence-corrected chi connectivity index (χ3v) is 8.47. The normalized spacial score (nSPS) is 22.4. The van der Waals surface area contributed by atoms with Gasteiger partial charge in [-0.1, -0.05) is 24.3 Å². The third kappa shape index (κ3) is 6.44. The second-order valence-electron chi connectivity index (χ2n) is 11.2. The summed E-state index contributed by atoms with van der Waals surface area (Å²) in [6.45, 7) is 1.33. The van der Waals surface area contributed by atoms with Gasteiger partial charge in [0.05, 0.1) is 23.4 Å². The average Bonchev–Trinajstić information content (AvgIpc) is 3.41. The highest BCUT2D eigenvalue weighted by Gasteiger charge is 2.55. The highest BCUT2D eigenvalue weighted by Crippen LogP contribution is 2.41. The molecule has 5 heterocycles. The predicted molar refractivity (Wildman–Crippen MR) is 151 cm³/mol. The van der Waals surface area contributed by atoms with Crippen LogP contribution in [0.4, 0.5) is 32.2 Å². The van der Waals surface area contributed by atoms with Crippen molar-refractivity contribution in [2.75, 3.05) is 44.2 Å². The van der Waals surface area contributed by atoms with Gasteiger partial charge in [-0.25, -0.2) is 10.4 Å². The van der Waals surface area contributed by atoms with E-state index in [2.05, 4.69) is 20.8 Å². The largest absolute Gasteiger partial charge is 0.490 e. The van der Waals surface area contributed by atoms with Gasteiger partial charge in [0, 0.05) is 57.7 Å². The minimum Gasteiger partial charge on any atom is -0.490 e. The molecule has 2 fully saturated rings. The summed E-state index contributed by atoms with van der Waals surface area (Å²) >= 11 is 0. The van der Waals surface area contributed by atoms with Crippen LogP contribution in [0, 0.1) is 5.92 Å². The van der Waals surface area contributed by atoms with Gasteiger partial charge in [0.15, 0.2) is 5.92 Å². The number of amides is 2. The second-order valence-corrected chi connectivity index (χ2v) is 11.2. The highest BCUT2D eigenvalue weighted by molar-refractivity contribution is 5.94. The molecule has 46 heavy (non-hydrogen) atoms. The number of carbonyl (C=O) groups is 2. The van der Waals surface area contributed by atoms with Crippen LogP contribution < -0.4 is 20.5 Å². The molecule has 2 saturated heterocycles. The fourth-order valence-corrected chi connectivity index (χ4v) is 6.16. The fourth-order valence-electron chi connectivity index (χ4n) is 6.16. The van der Waals surface area contributed by atoms with Gasteiger partial charge in [-0.15, -0.1) is 0 Å². The van der Waals surface area contributed by atoms with E-state index in [9.17, 15) is 35.9 Å². The molecule has 2 amide bonds. The summed E-state index contributed by atoms with van der Waals surface area (Å²) in [6, 6.07) is 9.23. The van der Waals surface area contributed by atoms with Crippen molar-refractivity contribution in [2.24, 2.45) is 5.92 Å². The number of rotatable bonds is 6. The first-order valence-corrected chi connectivity index (χ1v) is 14.5. The molecule has 0 spiro atoms. The molecule has 16 heteroatoms. The Bertz CT molecular complexity index is 1580. The second kappa shape index (κ2) is 12.4. The molecule has 10 nitrogen and oxygen atoms in total. The van der Waals surface area contributed by atoms with Crippen molar-refractivity contribution < 1.29 is 40.7 Å². The van der Waals surface area contributed by atoms with E-state index < -0.39 is 41.8 Å². The Morgan fingerprint density at radius 3 is 2.43 bits per heavy atom. The zero-order valence-corrected chi connectivity index (χ0v) is 24.2. The van der Waals surface area contributed by atoms with Gasteiger partial charge in [0.1, 0.15) is 18.2 Å². The van der Waals surface area contributed by atoms with E-state index in [0.717, 1.165) is 23.4 Å². The predicted octanol–water partition coefficient (Wildman–Crippen LogP) is 3.58. The van der Waals surface area contributed by atoms with Crippen molar-refractivity contribution in [3.05, 3.63) is 83.3 Å². The fraction of sp³-hybridized carbons (Fsp3) is 0.400. The number of benzene rings is 1. The van der Waals surface area contributed by atoms with E-state index in [0.29, 0.717) is 32.0 Å². The van der Waals surface area contributed by atoms with E-state index >= 15 is 0 Å². The Balaban J connectivity index is 1.12. The van der Waals surface area contributed by atoms with Gasteiger partial charge < -0.3 is 14.5 Å². The number of pyridine rings is 2. The topological polar surface area (TPSA) is 103 Å². The molecule has 0 bridgehead atoms. The van der Waals surface area contributed by atoms with Crippen molar-refractivity contribution in [3.63, 3.8) is 0 Å². The maximum atomic E-state index is 14.0. The first-order chi connectivity index (χ1) is 21.9. The zero-order valence-electron chi connectivity index (χ0n) is 24.2. The molecule has 3 atom stereocenters. The van der Waals surface area contributed by atoms with E-state index in [-0.39, 0.29) is 36.9 Å². The highest BCUT2D eigenvalue weighted by atomic mass is 19.4. The molecule has 0 saturated carbocycles. The molecule has 2 N–H and O–H groups in total. The Morgan fingerprint density at radius 1 is 0.978 bits per heavy atom. The first-order valence-electron chi connectivity index (χ1n) is 14.5. The molecule has 6 rings (SSSR count). The van der Waals surface area contributed by atoms with Crippen LogP contribution in [0.25, 0.3) is 0 Å². The molecular formula is C30H29F6N7O3. The molecule has 2 aromatic heterocycles. The van der Waals surface area contributed by atoms with Crippen LogP contribution in [0.2, 0.25) is 0 Å². The van der Waals surface area contributed by atoms with Crippen LogP contribution in [0.15, 0.2) is 61.1 Å². The zero-order chi connectivity index (χ0) is 32.6. The van der Waals surface area contributed by atoms with Gasteiger partial charge in [0.25, 0.3) is 5.91 Å². The van der Waals surface area contributed by atoms with Crippen LogP contribution in [-0.2, 0) is 17.5 Å². The van der Waals surface area contributed by atoms with Gasteiger partial charge in [-0.3, -0.25) is 24.9 Å². The lowest BCUT2D eigenvalue weighted by molar-refractivity contribution is -0.202. The van der Waals surface area contributed by atoms with Crippen molar-refractivity contribution >= 4 is 17.6 Å². The maximum absolute atomic E-state index is 14.0. The summed E-state index contributed by atoms with van der Waals surface area (Å²) in [5.41, 5.74) is 5.69. The van der Waals surface area contributed by atoms with Crippen LogP contribution in [-0.4, -0.2) is 83.1 Å². The van der Waals surface area contributed by atoms with E-state index in [1.54, 1.807) is 26.8 Å². The van der Waals surface area contributed by atoms with E-state index in [4.69, 9.17) is 4.74 Å². The third-order valence-electron chi connectivity index (χ3n) is 8.47. The standard InChI is InChI=1S/C30H29F6N7O3/c31-29(32,33)20-5-6-25(38-13-20)41-7-9-42(10-8-41)28(45)19-11-21(14-37-12-19)46-17-24-22-4-2-1-3-18(22)16-43(24)23-15-39-40-27(44)26(23)30(34,35)36/h1-6,11-14,23-24,26,39H,7-10,15-17H2,(H,40,44). The lowest BCUT2D eigenvalue weighted by atomic mass is 9.94. The summed E-state index contributed by atoms with van der Waals surface area (Å²) in [5.74, 6) is -3.08. The average molecular weight is 650 g/mol. The summed E-state index contributed by atoms with van der Waals surface area (Å²) in [4.78, 5) is 38.7. The van der Waals surface area contributed by atoms with Crippen molar-refractivity contribution in [1.82, 2.24) is 30.6 Å². The van der Waals surface area contributed by atoms with Crippen LogP contribution in [0.3, 0.4) is 0 Å². The molecule has 3 aromatic rings. The molecule has 1 aromatic carbocycles. The molecule has 0 radical (unpaired) electrons. The number of ether oxygens (including phenoxy) is 1. The number of fused-ring (bicyclic) bond motifs is 1. The Hall–Kier alpha value is -4.44. The van der Waals surface area contributed by atoms with E-state index in [1.165, 1.54) is 24.5 Å². The maximum Gasteiger partial charge on any atom is 0.417 e. The van der Waals surface area contributed by atoms with E-state index in [1.807, 2.05) is 12.1 Å². The number of aromatic nitrogens is 2. The van der Waals surface area contributed by atoms with Gasteiger partial charge in [-0.05, 0) is 29.3 Å². The smallest absolute Gasteiger partial charge is 0.417 e. The van der Waals surface area contributed by atoms with Gasteiger partial charge >= 0.3 is 12.4 Å². The van der Waals surface area contributed by atoms with Crippen LogP contribution >= 0.6 is 0 Å². The summed E-state index contributed by atoms with van der Waals surface area (Å²) < 4.78 is 86.7. The number of carbonyl (C=O) groups excluding carboxylic acids is 2. The summed E-state index contributed by atoms with van der Waals surface area (Å²) in [5, 5.41) is 0. The van der Waals surface area contributed by atoms with Crippen molar-refractivity contribution in [1.29, 1.82) is 0 Å². The molecule has 3 aliphatic rings. The number of hydrogen-bond donors (Lipinski definition) is 2. The van der Waals surface area contributed by atoms with Crippen molar-refractivity contribution in [3.8, 4) is 5.75 Å². The summed E-state index contributed by atoms with van der Waals surface area (Å²) in [6.07, 6.45) is -5.66. The Labute approximate surface area is 259 Å². The van der Waals surface area contributed by atoms with Crippen LogP contribution in [0.1, 0.15) is 33.1 Å². The number of nitrogens with zero attached hydrogens (tertiary/aromatic N) is 5. The number of piperazine rings is 1. The lowest BCUT2D eigenvalue weighted by Gasteiger charge is -2.40. The minimum atomic E-state index is -4.75. The van der Waals surface area contributed by atoms with Crippen LogP contribution in [0.5, 0.6) is 5.75 Å². The summed E-state index contributed by atoms with van der Waals surface area (Å²) in [7, 11) is 0. The van der Waals surface area contributed by atoms with Crippen molar-refractivity contribution in [2.45, 2.75) is 31.0 Å². The monoisotopic (exact) mass is 649 g/mol. The molecule has 3 aliphatic heterocycles. The number of halogens is 6. The quantitative estimate of drug-likeness (QED) is 0.391. The molecule has 244 valence electrons. The number of alkyl halides is 6. The van der Waals surface area contributed by atoms with Gasteiger partial charge in [0.2, 0.25) is 5.91 Å².